The lowest BCUT2D eigenvalue weighted by Gasteiger charge is -2.22. The largest absolute Gasteiger partial charge is 0.477 e. The molecule has 1 aromatic heterocycles. The van der Waals surface area contributed by atoms with Crippen molar-refractivity contribution >= 4 is 22.4 Å². The number of carbonyl (C=O) groups is 1. The number of carboxylic acid groups (broad SMARTS) is 1. The molecular formula is C13H18N2O2S. The lowest BCUT2D eigenvalue weighted by molar-refractivity contribution is 0.0700. The van der Waals surface area contributed by atoms with Gasteiger partial charge in [-0.1, -0.05) is 18.3 Å². The molecule has 18 heavy (non-hydrogen) atoms. The molecule has 5 heteroatoms. The Morgan fingerprint density at radius 3 is 2.89 bits per heavy atom. The molecule has 1 aromatic rings. The quantitative estimate of drug-likeness (QED) is 0.909. The number of aromatic nitrogens is 1. The molecule has 2 aliphatic rings. The third-order valence-corrected chi connectivity index (χ3v) is 4.99. The summed E-state index contributed by atoms with van der Waals surface area (Å²) in [6.45, 7) is 3.21. The number of aromatic carboxylic acids is 1. The number of nitrogens with zero attached hydrogens (tertiary/aromatic N) is 2. The van der Waals surface area contributed by atoms with Crippen LogP contribution in [0.3, 0.4) is 0 Å². The van der Waals surface area contributed by atoms with Crippen molar-refractivity contribution in [1.29, 1.82) is 0 Å². The summed E-state index contributed by atoms with van der Waals surface area (Å²) in [5, 5.41) is 10.2. The fraction of sp³-hybridized carbons (Fsp3) is 0.692. The summed E-state index contributed by atoms with van der Waals surface area (Å²) in [6, 6.07) is 0.546. The molecule has 1 saturated carbocycles. The molecule has 4 nitrogen and oxygen atoms in total. The van der Waals surface area contributed by atoms with Crippen LogP contribution >= 0.6 is 11.3 Å². The molecule has 2 fully saturated rings. The van der Waals surface area contributed by atoms with Gasteiger partial charge in [-0.15, -0.1) is 0 Å². The summed E-state index contributed by atoms with van der Waals surface area (Å²) in [7, 11) is 0. The maximum atomic E-state index is 11.3. The Labute approximate surface area is 111 Å². The van der Waals surface area contributed by atoms with E-state index in [0.717, 1.165) is 36.6 Å². The zero-order valence-electron chi connectivity index (χ0n) is 10.6. The van der Waals surface area contributed by atoms with E-state index < -0.39 is 5.97 Å². The molecule has 1 N–H and O–H groups in total. The van der Waals surface area contributed by atoms with Gasteiger partial charge in [0.1, 0.15) is 4.88 Å². The van der Waals surface area contributed by atoms with Crippen molar-refractivity contribution in [1.82, 2.24) is 4.98 Å². The summed E-state index contributed by atoms with van der Waals surface area (Å²) < 4.78 is 0. The average molecular weight is 266 g/mol. The van der Waals surface area contributed by atoms with E-state index in [4.69, 9.17) is 0 Å². The van der Waals surface area contributed by atoms with E-state index in [-0.39, 0.29) is 0 Å². The van der Waals surface area contributed by atoms with Crippen LogP contribution in [0.1, 0.15) is 60.3 Å². The van der Waals surface area contributed by atoms with Gasteiger partial charge in [0.25, 0.3) is 0 Å². The lowest BCUT2D eigenvalue weighted by atomic mass is 10.2. The fourth-order valence-electron chi connectivity index (χ4n) is 2.74. The average Bonchev–Trinajstić information content (AvgIpc) is 2.94. The number of hydrogen-bond donors (Lipinski definition) is 1. The molecule has 0 amide bonds. The van der Waals surface area contributed by atoms with Crippen molar-refractivity contribution in [2.24, 2.45) is 0 Å². The lowest BCUT2D eigenvalue weighted by Crippen LogP contribution is -2.28. The van der Waals surface area contributed by atoms with Gasteiger partial charge < -0.3 is 10.0 Å². The predicted molar refractivity (Wildman–Crippen MR) is 71.7 cm³/mol. The van der Waals surface area contributed by atoms with Gasteiger partial charge in [0, 0.05) is 18.5 Å². The minimum Gasteiger partial charge on any atom is -0.477 e. The Balaban J connectivity index is 1.92. The van der Waals surface area contributed by atoms with Crippen LogP contribution in [0.2, 0.25) is 0 Å². The minimum absolute atomic E-state index is 0.406. The molecule has 3 rings (SSSR count). The highest BCUT2D eigenvalue weighted by Crippen LogP contribution is 2.45. The standard InChI is InChI=1S/C13H18N2O2S/c1-2-9-4-3-7-15(9)13-14-10(8-5-6-8)11(18-13)12(16)17/h8-9H,2-7H2,1H3,(H,16,17). The second-order valence-electron chi connectivity index (χ2n) is 5.19. The van der Waals surface area contributed by atoms with E-state index in [1.165, 1.54) is 24.2 Å². The van der Waals surface area contributed by atoms with Gasteiger partial charge in [0.05, 0.1) is 5.69 Å². The third kappa shape index (κ3) is 2.00. The van der Waals surface area contributed by atoms with Crippen molar-refractivity contribution in [3.63, 3.8) is 0 Å². The molecule has 1 aliphatic heterocycles. The van der Waals surface area contributed by atoms with Gasteiger partial charge in [0.15, 0.2) is 5.13 Å². The van der Waals surface area contributed by atoms with Gasteiger partial charge >= 0.3 is 5.97 Å². The number of thiazole rings is 1. The van der Waals surface area contributed by atoms with Crippen LogP contribution in [0.25, 0.3) is 0 Å². The Kier molecular flexibility index (Phi) is 3.01. The summed E-state index contributed by atoms with van der Waals surface area (Å²) in [5.41, 5.74) is 0.837. The summed E-state index contributed by atoms with van der Waals surface area (Å²) in [5.74, 6) is -0.406. The predicted octanol–water partition coefficient (Wildman–Crippen LogP) is 3.10. The number of carboxylic acids is 1. The van der Waals surface area contributed by atoms with E-state index in [2.05, 4.69) is 16.8 Å². The summed E-state index contributed by atoms with van der Waals surface area (Å²) in [6.07, 6.45) is 5.71. The Morgan fingerprint density at radius 1 is 1.50 bits per heavy atom. The minimum atomic E-state index is -0.812. The monoisotopic (exact) mass is 266 g/mol. The Bertz CT molecular complexity index is 468. The highest BCUT2D eigenvalue weighted by atomic mass is 32.1. The molecule has 2 heterocycles. The number of rotatable bonds is 4. The third-order valence-electron chi connectivity index (χ3n) is 3.89. The van der Waals surface area contributed by atoms with E-state index in [1.54, 1.807) is 0 Å². The second kappa shape index (κ2) is 4.53. The normalized spacial score (nSPS) is 23.6. The molecular weight excluding hydrogens is 248 g/mol. The zero-order valence-corrected chi connectivity index (χ0v) is 11.4. The van der Waals surface area contributed by atoms with Crippen molar-refractivity contribution in [3.05, 3.63) is 10.6 Å². The van der Waals surface area contributed by atoms with Crippen LogP contribution in [0, 0.1) is 0 Å². The van der Waals surface area contributed by atoms with Crippen LogP contribution in [-0.4, -0.2) is 28.6 Å². The van der Waals surface area contributed by atoms with E-state index in [1.807, 2.05) is 0 Å². The molecule has 1 unspecified atom stereocenters. The molecule has 1 saturated heterocycles. The summed E-state index contributed by atoms with van der Waals surface area (Å²) >= 11 is 1.37. The van der Waals surface area contributed by atoms with Gasteiger partial charge in [0.2, 0.25) is 0 Å². The summed E-state index contributed by atoms with van der Waals surface area (Å²) in [4.78, 5) is 18.7. The first-order valence-electron chi connectivity index (χ1n) is 6.71. The van der Waals surface area contributed by atoms with Crippen LogP contribution in [0.15, 0.2) is 0 Å². The maximum Gasteiger partial charge on any atom is 0.347 e. The van der Waals surface area contributed by atoms with Crippen LogP contribution < -0.4 is 4.90 Å². The fourth-order valence-corrected chi connectivity index (χ4v) is 3.83. The van der Waals surface area contributed by atoms with Crippen LogP contribution in [-0.2, 0) is 0 Å². The first-order chi connectivity index (χ1) is 8.70. The molecule has 0 spiro atoms. The zero-order chi connectivity index (χ0) is 12.7. The second-order valence-corrected chi connectivity index (χ2v) is 6.17. The van der Waals surface area contributed by atoms with Crippen LogP contribution in [0.5, 0.6) is 0 Å². The Morgan fingerprint density at radius 2 is 2.28 bits per heavy atom. The molecule has 1 atom stereocenters. The van der Waals surface area contributed by atoms with E-state index >= 15 is 0 Å². The molecule has 1 aliphatic carbocycles. The van der Waals surface area contributed by atoms with Gasteiger partial charge in [-0.2, -0.15) is 0 Å². The van der Waals surface area contributed by atoms with Gasteiger partial charge in [-0.3, -0.25) is 0 Å². The van der Waals surface area contributed by atoms with Gasteiger partial charge in [-0.25, -0.2) is 9.78 Å². The smallest absolute Gasteiger partial charge is 0.347 e. The molecule has 0 radical (unpaired) electrons. The SMILES string of the molecule is CCC1CCCN1c1nc(C2CC2)c(C(=O)O)s1. The van der Waals surface area contributed by atoms with Crippen LogP contribution in [0.4, 0.5) is 5.13 Å². The first kappa shape index (κ1) is 12.0. The Hall–Kier alpha value is -1.10. The van der Waals surface area contributed by atoms with Gasteiger partial charge in [-0.05, 0) is 32.1 Å². The van der Waals surface area contributed by atoms with Crippen molar-refractivity contribution in [2.75, 3.05) is 11.4 Å². The van der Waals surface area contributed by atoms with E-state index in [0.29, 0.717) is 16.8 Å². The molecule has 0 aromatic carbocycles. The first-order valence-corrected chi connectivity index (χ1v) is 7.53. The number of anilines is 1. The van der Waals surface area contributed by atoms with Crippen molar-refractivity contribution < 1.29 is 9.90 Å². The van der Waals surface area contributed by atoms with Crippen molar-refractivity contribution in [2.45, 2.75) is 51.0 Å². The highest BCUT2D eigenvalue weighted by molar-refractivity contribution is 7.17. The highest BCUT2D eigenvalue weighted by Gasteiger charge is 2.34. The van der Waals surface area contributed by atoms with Crippen molar-refractivity contribution in [3.8, 4) is 0 Å². The molecule has 0 bridgehead atoms. The number of hydrogen-bond acceptors (Lipinski definition) is 4. The topological polar surface area (TPSA) is 53.4 Å². The molecule has 98 valence electrons. The van der Waals surface area contributed by atoms with E-state index in [9.17, 15) is 9.90 Å². The maximum absolute atomic E-state index is 11.3.